The SMILES string of the molecule is O=C(/C=C/c1cccc([N+](=O)[O-])c1)NC(=S)Nc1ccccc1C(=O)O. The Labute approximate surface area is 153 Å². The number of nitro benzene ring substituents is 1. The second-order valence-corrected chi connectivity index (χ2v) is 5.39. The molecule has 2 rings (SSSR count). The first-order valence-corrected chi connectivity index (χ1v) is 7.64. The summed E-state index contributed by atoms with van der Waals surface area (Å²) in [4.78, 5) is 33.2. The van der Waals surface area contributed by atoms with Crippen molar-refractivity contribution in [2.75, 3.05) is 5.32 Å². The van der Waals surface area contributed by atoms with Gasteiger partial charge in [0.25, 0.3) is 5.69 Å². The fraction of sp³-hybridized carbons (Fsp3) is 0. The van der Waals surface area contributed by atoms with Crippen LogP contribution in [0.4, 0.5) is 11.4 Å². The van der Waals surface area contributed by atoms with Gasteiger partial charge in [-0.25, -0.2) is 4.79 Å². The number of carbonyl (C=O) groups is 2. The first-order valence-electron chi connectivity index (χ1n) is 7.23. The number of non-ortho nitro benzene ring substituents is 1. The van der Waals surface area contributed by atoms with Gasteiger partial charge in [-0.1, -0.05) is 24.3 Å². The van der Waals surface area contributed by atoms with E-state index >= 15 is 0 Å². The van der Waals surface area contributed by atoms with Gasteiger partial charge in [-0.3, -0.25) is 20.2 Å². The molecule has 2 aromatic carbocycles. The van der Waals surface area contributed by atoms with E-state index in [1.807, 2.05) is 0 Å². The van der Waals surface area contributed by atoms with Crippen LogP contribution in [0.2, 0.25) is 0 Å². The molecule has 8 nitrogen and oxygen atoms in total. The number of nitrogens with one attached hydrogen (secondary N) is 2. The number of carboxylic acid groups (broad SMARTS) is 1. The number of aromatic carboxylic acids is 1. The van der Waals surface area contributed by atoms with Crippen LogP contribution < -0.4 is 10.6 Å². The van der Waals surface area contributed by atoms with Gasteiger partial charge in [0, 0.05) is 18.2 Å². The number of hydrogen-bond donors (Lipinski definition) is 3. The van der Waals surface area contributed by atoms with E-state index in [1.54, 1.807) is 18.2 Å². The van der Waals surface area contributed by atoms with Gasteiger partial charge < -0.3 is 10.4 Å². The molecule has 0 spiro atoms. The Balaban J connectivity index is 1.99. The van der Waals surface area contributed by atoms with Gasteiger partial charge in [0.2, 0.25) is 5.91 Å². The van der Waals surface area contributed by atoms with Crippen LogP contribution in [0.5, 0.6) is 0 Å². The number of nitro groups is 1. The van der Waals surface area contributed by atoms with Crippen molar-refractivity contribution in [2.45, 2.75) is 0 Å². The summed E-state index contributed by atoms with van der Waals surface area (Å²) in [7, 11) is 0. The maximum absolute atomic E-state index is 11.9. The summed E-state index contributed by atoms with van der Waals surface area (Å²) in [5.74, 6) is -1.70. The number of carbonyl (C=O) groups excluding carboxylic acids is 1. The fourth-order valence-corrected chi connectivity index (χ4v) is 2.21. The molecule has 9 heteroatoms. The molecule has 2 aromatic rings. The quantitative estimate of drug-likeness (QED) is 0.320. The minimum Gasteiger partial charge on any atom is -0.478 e. The first-order chi connectivity index (χ1) is 12.4. The molecular formula is C17H13N3O5S. The monoisotopic (exact) mass is 371 g/mol. The van der Waals surface area contributed by atoms with Crippen molar-refractivity contribution in [1.29, 1.82) is 0 Å². The summed E-state index contributed by atoms with van der Waals surface area (Å²) in [6.07, 6.45) is 2.56. The zero-order valence-corrected chi connectivity index (χ0v) is 14.0. The van der Waals surface area contributed by atoms with Gasteiger partial charge in [0.05, 0.1) is 16.2 Å². The number of para-hydroxylation sites is 1. The summed E-state index contributed by atoms with van der Waals surface area (Å²) in [6.45, 7) is 0. The Kier molecular flexibility index (Phi) is 6.12. The Morgan fingerprint density at radius 3 is 2.58 bits per heavy atom. The van der Waals surface area contributed by atoms with E-state index in [1.165, 1.54) is 36.4 Å². The van der Waals surface area contributed by atoms with Crippen LogP contribution >= 0.6 is 12.2 Å². The lowest BCUT2D eigenvalue weighted by Gasteiger charge is -2.10. The highest BCUT2D eigenvalue weighted by Crippen LogP contribution is 2.15. The largest absolute Gasteiger partial charge is 0.478 e. The standard InChI is InChI=1S/C17H13N3O5S/c21-15(9-8-11-4-3-5-12(10-11)20(24)25)19-17(26)18-14-7-2-1-6-13(14)16(22)23/h1-10H,(H,22,23)(H2,18,19,21,26)/b9-8+. The molecule has 3 N–H and O–H groups in total. The Hall–Kier alpha value is -3.59. The number of anilines is 1. The van der Waals surface area contributed by atoms with Crippen LogP contribution in [0.1, 0.15) is 15.9 Å². The summed E-state index contributed by atoms with van der Waals surface area (Å²) in [6, 6.07) is 11.9. The minimum absolute atomic E-state index is 0.0104. The van der Waals surface area contributed by atoms with Gasteiger partial charge in [0.1, 0.15) is 0 Å². The van der Waals surface area contributed by atoms with E-state index in [0.717, 1.165) is 6.08 Å². The van der Waals surface area contributed by atoms with Crippen LogP contribution in [-0.2, 0) is 4.79 Å². The maximum Gasteiger partial charge on any atom is 0.337 e. The molecule has 1 amide bonds. The second kappa shape index (κ2) is 8.49. The molecule has 0 bridgehead atoms. The zero-order chi connectivity index (χ0) is 19.1. The van der Waals surface area contributed by atoms with Crippen molar-refractivity contribution in [2.24, 2.45) is 0 Å². The Morgan fingerprint density at radius 2 is 1.88 bits per heavy atom. The lowest BCUT2D eigenvalue weighted by atomic mass is 10.2. The highest BCUT2D eigenvalue weighted by atomic mass is 32.1. The number of rotatable bonds is 5. The first kappa shape index (κ1) is 18.7. The molecule has 132 valence electrons. The van der Waals surface area contributed by atoms with E-state index in [-0.39, 0.29) is 22.1 Å². The molecule has 0 aromatic heterocycles. The predicted octanol–water partition coefficient (Wildman–Crippen LogP) is 2.82. The normalized spacial score (nSPS) is 10.3. The van der Waals surface area contributed by atoms with E-state index in [0.29, 0.717) is 5.56 Å². The molecule has 0 saturated carbocycles. The van der Waals surface area contributed by atoms with Crippen LogP contribution in [0.15, 0.2) is 54.6 Å². The van der Waals surface area contributed by atoms with Gasteiger partial charge >= 0.3 is 5.97 Å². The molecule has 0 atom stereocenters. The van der Waals surface area contributed by atoms with Crippen molar-refractivity contribution in [3.05, 3.63) is 75.8 Å². The molecule has 0 saturated heterocycles. The molecule has 0 radical (unpaired) electrons. The lowest BCUT2D eigenvalue weighted by Crippen LogP contribution is -2.33. The zero-order valence-electron chi connectivity index (χ0n) is 13.2. The fourth-order valence-electron chi connectivity index (χ4n) is 2.00. The third-order valence-electron chi connectivity index (χ3n) is 3.15. The van der Waals surface area contributed by atoms with Crippen molar-refractivity contribution in [3.63, 3.8) is 0 Å². The minimum atomic E-state index is -1.13. The smallest absolute Gasteiger partial charge is 0.337 e. The molecule has 0 unspecified atom stereocenters. The summed E-state index contributed by atoms with van der Waals surface area (Å²) in [5.41, 5.74) is 0.642. The molecule has 0 aliphatic rings. The van der Waals surface area contributed by atoms with Gasteiger partial charge in [-0.05, 0) is 36.0 Å². The highest BCUT2D eigenvalue weighted by Gasteiger charge is 2.10. The summed E-state index contributed by atoms with van der Waals surface area (Å²) in [5, 5.41) is 24.8. The van der Waals surface area contributed by atoms with Crippen molar-refractivity contribution in [3.8, 4) is 0 Å². The third kappa shape index (κ3) is 5.21. The predicted molar refractivity (Wildman–Crippen MR) is 99.9 cm³/mol. The number of hydrogen-bond acceptors (Lipinski definition) is 5. The number of carboxylic acids is 1. The molecular weight excluding hydrogens is 358 g/mol. The lowest BCUT2D eigenvalue weighted by molar-refractivity contribution is -0.384. The number of amides is 1. The van der Waals surface area contributed by atoms with Crippen LogP contribution in [-0.4, -0.2) is 27.0 Å². The van der Waals surface area contributed by atoms with Gasteiger partial charge in [-0.15, -0.1) is 0 Å². The van der Waals surface area contributed by atoms with Crippen molar-refractivity contribution in [1.82, 2.24) is 5.32 Å². The van der Waals surface area contributed by atoms with Gasteiger partial charge in [0.15, 0.2) is 5.11 Å². The number of benzene rings is 2. The molecule has 0 fully saturated rings. The molecule has 0 heterocycles. The molecule has 0 aliphatic carbocycles. The Bertz CT molecular complexity index is 911. The van der Waals surface area contributed by atoms with Crippen LogP contribution in [0, 0.1) is 10.1 Å². The topological polar surface area (TPSA) is 122 Å². The molecule has 0 aliphatic heterocycles. The maximum atomic E-state index is 11.9. The van der Waals surface area contributed by atoms with Crippen LogP contribution in [0.25, 0.3) is 6.08 Å². The number of nitrogens with zero attached hydrogens (tertiary/aromatic N) is 1. The molecule has 26 heavy (non-hydrogen) atoms. The van der Waals surface area contributed by atoms with E-state index in [9.17, 15) is 19.7 Å². The summed E-state index contributed by atoms with van der Waals surface area (Å²) >= 11 is 4.99. The van der Waals surface area contributed by atoms with E-state index in [4.69, 9.17) is 17.3 Å². The highest BCUT2D eigenvalue weighted by molar-refractivity contribution is 7.80. The van der Waals surface area contributed by atoms with Crippen molar-refractivity contribution < 1.29 is 19.6 Å². The second-order valence-electron chi connectivity index (χ2n) is 4.98. The summed E-state index contributed by atoms with van der Waals surface area (Å²) < 4.78 is 0. The number of thiocarbonyl (C=S) groups is 1. The van der Waals surface area contributed by atoms with E-state index < -0.39 is 16.8 Å². The van der Waals surface area contributed by atoms with Crippen LogP contribution in [0.3, 0.4) is 0 Å². The van der Waals surface area contributed by atoms with E-state index in [2.05, 4.69) is 10.6 Å². The van der Waals surface area contributed by atoms with Crippen molar-refractivity contribution >= 4 is 46.7 Å². The van der Waals surface area contributed by atoms with Gasteiger partial charge in [-0.2, -0.15) is 0 Å². The third-order valence-corrected chi connectivity index (χ3v) is 3.35. The Morgan fingerprint density at radius 1 is 1.15 bits per heavy atom. The average Bonchev–Trinajstić information content (AvgIpc) is 2.60. The average molecular weight is 371 g/mol.